The number of benzene rings is 3. The molecule has 1 N–H and O–H groups in total. The Kier molecular flexibility index (Phi) is 8.51. The van der Waals surface area contributed by atoms with Crippen molar-refractivity contribution in [3.63, 3.8) is 0 Å². The average Bonchev–Trinajstić information content (AvgIpc) is 2.80. The van der Waals surface area contributed by atoms with E-state index in [0.29, 0.717) is 23.0 Å². The van der Waals surface area contributed by atoms with Gasteiger partial charge in [0, 0.05) is 0 Å². The van der Waals surface area contributed by atoms with Crippen LogP contribution in [0.2, 0.25) is 0 Å². The van der Waals surface area contributed by atoms with E-state index in [1.807, 2.05) is 91.0 Å². The van der Waals surface area contributed by atoms with Crippen LogP contribution < -0.4 is 14.4 Å². The first-order valence-electron chi connectivity index (χ1n) is 11.5. The molecule has 3 aromatic carbocycles. The Morgan fingerprint density at radius 3 is 1.48 bits per heavy atom. The number of hydrogen-bond acceptors (Lipinski definition) is 3. The third kappa shape index (κ3) is 6.56. The van der Waals surface area contributed by atoms with Crippen molar-refractivity contribution in [2.45, 2.75) is 51.9 Å². The molecule has 0 aliphatic heterocycles. The van der Waals surface area contributed by atoms with Crippen molar-refractivity contribution in [2.24, 2.45) is 0 Å². The molecule has 4 heteroatoms. The average molecular weight is 439 g/mol. The molecule has 3 aromatic rings. The second-order valence-corrected chi connectivity index (χ2v) is 11.6. The van der Waals surface area contributed by atoms with E-state index in [4.69, 9.17) is 9.05 Å². The molecule has 0 saturated carbocycles. The zero-order valence-electron chi connectivity index (χ0n) is 18.5. The van der Waals surface area contributed by atoms with Crippen LogP contribution >= 0.6 is 7.28 Å². The Morgan fingerprint density at radius 2 is 1.00 bits per heavy atom. The van der Waals surface area contributed by atoms with Crippen LogP contribution in [0.15, 0.2) is 91.0 Å². The number of rotatable bonds is 13. The van der Waals surface area contributed by atoms with Crippen LogP contribution in [-0.4, -0.2) is 11.1 Å². The molecule has 0 aliphatic carbocycles. The molecule has 31 heavy (non-hydrogen) atoms. The van der Waals surface area contributed by atoms with Gasteiger partial charge in [-0.15, -0.1) is 0 Å². The summed E-state index contributed by atoms with van der Waals surface area (Å²) in [5, 5.41) is 0.715. The maximum absolute atomic E-state index is 12.5. The van der Waals surface area contributed by atoms with Crippen LogP contribution in [-0.2, 0) is 0 Å². The molecule has 0 spiro atoms. The van der Waals surface area contributed by atoms with E-state index in [0.717, 1.165) is 19.3 Å². The van der Waals surface area contributed by atoms with Gasteiger partial charge in [0.2, 0.25) is 0 Å². The van der Waals surface area contributed by atoms with Crippen LogP contribution in [0.4, 0.5) is 0 Å². The second kappa shape index (κ2) is 11.3. The molecule has 0 unspecified atom stereocenters. The van der Waals surface area contributed by atoms with Gasteiger partial charge >= 0.3 is 187 Å². The molecule has 0 aromatic heterocycles. The Labute approximate surface area is 187 Å². The van der Waals surface area contributed by atoms with Crippen LogP contribution in [0, 0.1) is 0 Å². The molecule has 0 amide bonds. The zero-order chi connectivity index (χ0) is 21.9. The summed E-state index contributed by atoms with van der Waals surface area (Å²) in [5.41, 5.74) is 0. The fourth-order valence-corrected chi connectivity index (χ4v) is 7.15. The second-order valence-electron chi connectivity index (χ2n) is 8.07. The summed E-state index contributed by atoms with van der Waals surface area (Å²) in [5.74, 6) is 1.23. The van der Waals surface area contributed by atoms with E-state index in [9.17, 15) is 4.89 Å². The maximum atomic E-state index is 12.5. The van der Waals surface area contributed by atoms with Crippen LogP contribution in [0.1, 0.15) is 51.9 Å². The first-order chi connectivity index (χ1) is 15.1. The van der Waals surface area contributed by atoms with Crippen molar-refractivity contribution in [2.75, 3.05) is 6.16 Å². The van der Waals surface area contributed by atoms with Gasteiger partial charge in [0.25, 0.3) is 0 Å². The summed E-state index contributed by atoms with van der Waals surface area (Å²) in [6.45, 7) is 2.23. The van der Waals surface area contributed by atoms with Crippen molar-refractivity contribution in [1.29, 1.82) is 0 Å². The molecule has 3 rings (SSSR count). The quantitative estimate of drug-likeness (QED) is 0.222. The van der Waals surface area contributed by atoms with Crippen molar-refractivity contribution in [3.8, 4) is 11.5 Å². The van der Waals surface area contributed by atoms with Crippen LogP contribution in [0.5, 0.6) is 11.5 Å². The van der Waals surface area contributed by atoms with Gasteiger partial charge in [-0.2, -0.15) is 0 Å². The van der Waals surface area contributed by atoms with Gasteiger partial charge in [-0.3, -0.25) is 0 Å². The fraction of sp³-hybridized carbons (Fsp3) is 0.333. The van der Waals surface area contributed by atoms with Gasteiger partial charge in [-0.25, -0.2) is 0 Å². The van der Waals surface area contributed by atoms with E-state index in [-0.39, 0.29) is 0 Å². The van der Waals surface area contributed by atoms with Gasteiger partial charge in [0.05, 0.1) is 0 Å². The SMILES string of the molecule is CCCCCCCCCP(O)(Oc1ccccc1)(Oc1ccccc1)c1ccccc1. The summed E-state index contributed by atoms with van der Waals surface area (Å²) in [4.78, 5) is 12.5. The Morgan fingerprint density at radius 1 is 0.581 bits per heavy atom. The van der Waals surface area contributed by atoms with E-state index in [2.05, 4.69) is 6.92 Å². The van der Waals surface area contributed by atoms with Gasteiger partial charge in [-0.05, 0) is 0 Å². The minimum absolute atomic E-state index is 0.452. The van der Waals surface area contributed by atoms with Crippen LogP contribution in [0.3, 0.4) is 0 Å². The molecule has 166 valence electrons. The predicted octanol–water partition coefficient (Wildman–Crippen LogP) is 7.51. The fourth-order valence-electron chi connectivity index (χ4n) is 3.81. The molecular formula is C27H35O3P. The summed E-state index contributed by atoms with van der Waals surface area (Å²) >= 11 is 0. The van der Waals surface area contributed by atoms with E-state index in [1.54, 1.807) is 0 Å². The predicted molar refractivity (Wildman–Crippen MR) is 132 cm³/mol. The molecule has 0 aliphatic rings. The van der Waals surface area contributed by atoms with E-state index >= 15 is 0 Å². The summed E-state index contributed by atoms with van der Waals surface area (Å²) in [7, 11) is -4.24. The van der Waals surface area contributed by atoms with Gasteiger partial charge in [0.1, 0.15) is 0 Å². The number of para-hydroxylation sites is 2. The van der Waals surface area contributed by atoms with Crippen LogP contribution in [0.25, 0.3) is 0 Å². The standard InChI is InChI=1S/C27H35O3P/c1-2-3-4-5-6-7-17-24-31(28,27-22-15-10-16-23-27,29-25-18-11-8-12-19-25)30-26-20-13-9-14-21-26/h8-16,18-23,28H,2-7,17,24H2,1H3. The Bertz CT molecular complexity index is 843. The normalized spacial score (nSPS) is 12.6. The van der Waals surface area contributed by atoms with Gasteiger partial charge in [-0.1, -0.05) is 0 Å². The van der Waals surface area contributed by atoms with Crippen molar-refractivity contribution in [3.05, 3.63) is 91.0 Å². The first-order valence-corrected chi connectivity index (χ1v) is 13.7. The van der Waals surface area contributed by atoms with Crippen molar-refractivity contribution >= 4 is 12.6 Å². The van der Waals surface area contributed by atoms with Crippen molar-refractivity contribution < 1.29 is 13.9 Å². The Hall–Kier alpha value is -2.35. The zero-order valence-corrected chi connectivity index (χ0v) is 19.4. The minimum atomic E-state index is -4.24. The molecule has 3 nitrogen and oxygen atoms in total. The number of unbranched alkanes of at least 4 members (excludes halogenated alkanes) is 6. The summed E-state index contributed by atoms with van der Waals surface area (Å²) < 4.78 is 13.0. The van der Waals surface area contributed by atoms with E-state index < -0.39 is 7.28 Å². The molecule has 0 atom stereocenters. The summed E-state index contributed by atoms with van der Waals surface area (Å²) in [6.07, 6.45) is 8.55. The number of hydrogen-bond donors (Lipinski definition) is 1. The van der Waals surface area contributed by atoms with Gasteiger partial charge in [0.15, 0.2) is 0 Å². The monoisotopic (exact) mass is 438 g/mol. The van der Waals surface area contributed by atoms with E-state index in [1.165, 1.54) is 25.7 Å². The molecule has 0 fully saturated rings. The topological polar surface area (TPSA) is 38.7 Å². The molecule has 0 radical (unpaired) electrons. The van der Waals surface area contributed by atoms with Gasteiger partial charge < -0.3 is 0 Å². The third-order valence-corrected chi connectivity index (χ3v) is 9.09. The summed E-state index contributed by atoms with van der Waals surface area (Å²) in [6, 6.07) is 28.7. The molecule has 0 saturated heterocycles. The first kappa shape index (κ1) is 23.3. The molecule has 0 bridgehead atoms. The molecule has 0 heterocycles. The molecular weight excluding hydrogens is 403 g/mol. The van der Waals surface area contributed by atoms with Crippen molar-refractivity contribution in [1.82, 2.24) is 0 Å². The Balaban J connectivity index is 1.90. The third-order valence-electron chi connectivity index (χ3n) is 5.49.